The molecular weight excluding hydrogens is 1670 g/mol. The number of nitrogens with zero attached hydrogens (tertiary/aromatic N) is 2. The first kappa shape index (κ1) is 98.9. The Morgan fingerprint density at radius 3 is 0.992 bits per heavy atom. The maximum atomic E-state index is 14.2. The number of carboxylic acid groups (broad SMARTS) is 1. The molecule has 0 aliphatic heterocycles. The quantitative estimate of drug-likeness (QED) is 0.0193. The third-order valence-electron chi connectivity index (χ3n) is 25.0. The molecule has 5 N–H and O–H groups in total. The molecule has 0 saturated heterocycles. The molecule has 0 unspecified atom stereocenters. The van der Waals surface area contributed by atoms with Gasteiger partial charge >= 0.3 is 36.4 Å². The topological polar surface area (TPSA) is 247 Å². The summed E-state index contributed by atoms with van der Waals surface area (Å²) in [4.78, 5) is 111. The van der Waals surface area contributed by atoms with E-state index in [2.05, 4.69) is 21.3 Å². The third-order valence-corrected chi connectivity index (χ3v) is 25.3. The summed E-state index contributed by atoms with van der Waals surface area (Å²) < 4.78 is 167. The molecule has 6 aromatic carbocycles. The second-order valence-electron chi connectivity index (χ2n) is 33.7. The number of carboxylic acids is 1. The minimum Gasteiger partial charge on any atom is -0.481 e. The Morgan fingerprint density at radius 1 is 0.392 bits per heavy atom. The number of hydrogen-bond donors (Lipinski definition) is 5. The van der Waals surface area contributed by atoms with Crippen LogP contribution in [0.25, 0.3) is 0 Å². The van der Waals surface area contributed by atoms with Gasteiger partial charge in [-0.25, -0.2) is 13.2 Å². The number of carbonyl (C=O) groups excluding carboxylic acids is 8. The van der Waals surface area contributed by atoms with Crippen LogP contribution in [0.4, 0.5) is 52.7 Å². The molecule has 6 fully saturated rings. The lowest BCUT2D eigenvalue weighted by atomic mass is 9.64. The third kappa shape index (κ3) is 30.5. The van der Waals surface area contributed by atoms with Crippen molar-refractivity contribution in [3.63, 3.8) is 0 Å². The van der Waals surface area contributed by atoms with Crippen molar-refractivity contribution in [3.8, 4) is 0 Å². The molecule has 6 aliphatic carbocycles. The van der Waals surface area contributed by atoms with Gasteiger partial charge in [-0.05, 0) is 265 Å². The van der Waals surface area contributed by atoms with Crippen LogP contribution in [0.15, 0.2) is 127 Å². The Hall–Kier alpha value is -9.84. The van der Waals surface area contributed by atoms with Crippen molar-refractivity contribution in [2.75, 3.05) is 32.8 Å². The smallest absolute Gasteiger partial charge is 0.416 e. The standard InChI is InChI=1S/C32H38F4N2O4.C30H34F4N2O4.C24H36N2O3.C8H3ClF4O/c1-2-42-28(39)12-17-37-29(40)23-8-6-22(7-9-23)21-38(27-10-15-31(16-11-27)13-4-3-5-14-31)30(41)24-18-25(32(34,35)36)20-26(33)19-24;31-24-17-22(16-23(18-24)30(32,33)34)28(40)36(25-8-13-29(14-9-25)11-2-1-3-12-29)19-20-4-6-21(7-5-20)27(39)35-15-10-26(37)38;1-2-29-22(27)12-17-25-23(28)20-8-6-19(7-9-20)18-26-21-10-15-24(16-11-21)13-4-3-5-14-24;9-7(14)4-1-5(8(11,12)13)3-6(10)2-4/h6-9,18-20,27H,2-5,10-17,21H2,1H3,(H,37,40);4-7,16-18,25H,1-3,8-15,19H2,(H,35,39)(H,37,38);6-9,21,26H,2-5,10-18H2,1H3,(H,25,28);1-3H. The Bertz CT molecular complexity index is 4600. The molecule has 6 aromatic rings. The fourth-order valence-corrected chi connectivity index (χ4v) is 18.3. The van der Waals surface area contributed by atoms with E-state index in [1.165, 1.54) is 102 Å². The molecule has 0 heterocycles. The highest BCUT2D eigenvalue weighted by molar-refractivity contribution is 6.67. The summed E-state index contributed by atoms with van der Waals surface area (Å²) in [5.41, 5.74) is 0.207. The zero-order valence-corrected chi connectivity index (χ0v) is 71.2. The van der Waals surface area contributed by atoms with Crippen LogP contribution in [-0.4, -0.2) is 119 Å². The summed E-state index contributed by atoms with van der Waals surface area (Å²) in [7, 11) is 0. The molecule has 6 aliphatic rings. The number of benzene rings is 6. The monoisotopic (exact) mass is 1780 g/mol. The highest BCUT2D eigenvalue weighted by Crippen LogP contribution is 2.51. The van der Waals surface area contributed by atoms with Crippen LogP contribution in [0, 0.1) is 33.7 Å². The largest absolute Gasteiger partial charge is 0.481 e. The molecule has 6 saturated carbocycles. The minimum absolute atomic E-state index is 0.0189. The predicted molar refractivity (Wildman–Crippen MR) is 445 cm³/mol. The molecule has 0 bridgehead atoms. The summed E-state index contributed by atoms with van der Waals surface area (Å²) in [5, 5.41) is 19.3. The summed E-state index contributed by atoms with van der Waals surface area (Å²) in [5.74, 6) is -7.38. The van der Waals surface area contributed by atoms with Crippen LogP contribution in [0.1, 0.15) is 302 Å². The van der Waals surface area contributed by atoms with Gasteiger partial charge in [0.1, 0.15) is 17.5 Å². The maximum Gasteiger partial charge on any atom is 0.416 e. The highest BCUT2D eigenvalue weighted by Gasteiger charge is 2.43. The molecule has 0 radical (unpaired) electrons. The molecular formula is C94H111ClF12N6O12. The van der Waals surface area contributed by atoms with Crippen LogP contribution >= 0.6 is 11.6 Å². The van der Waals surface area contributed by atoms with E-state index < -0.39 is 93.1 Å². The van der Waals surface area contributed by atoms with Gasteiger partial charge in [0.2, 0.25) is 0 Å². The first-order chi connectivity index (χ1) is 59.4. The summed E-state index contributed by atoms with van der Waals surface area (Å²) in [6, 6.07) is 26.3. The van der Waals surface area contributed by atoms with Gasteiger partial charge in [0.25, 0.3) is 34.8 Å². The van der Waals surface area contributed by atoms with Crippen molar-refractivity contribution in [1.82, 2.24) is 31.1 Å². The second kappa shape index (κ2) is 46.1. The van der Waals surface area contributed by atoms with Crippen LogP contribution in [-0.2, 0) is 62.0 Å². The molecule has 18 nitrogen and oxygen atoms in total. The van der Waals surface area contributed by atoms with E-state index >= 15 is 0 Å². The zero-order valence-electron chi connectivity index (χ0n) is 70.5. The van der Waals surface area contributed by atoms with E-state index in [-0.39, 0.29) is 104 Å². The minimum atomic E-state index is -4.79. The number of carbonyl (C=O) groups is 9. The number of rotatable bonds is 26. The fourth-order valence-electron chi connectivity index (χ4n) is 18.1. The van der Waals surface area contributed by atoms with Crippen molar-refractivity contribution in [2.45, 2.75) is 263 Å². The average molecular weight is 1780 g/mol. The number of ether oxygens (including phenoxy) is 2. The van der Waals surface area contributed by atoms with E-state index in [0.717, 1.165) is 95.7 Å². The molecule has 12 rings (SSSR count). The average Bonchev–Trinajstić information content (AvgIpc) is 0.787. The fraction of sp³-hybridized carbons (Fsp3) is 0.521. The molecule has 5 amide bonds. The van der Waals surface area contributed by atoms with Crippen LogP contribution < -0.4 is 21.3 Å². The molecule has 680 valence electrons. The normalized spacial score (nSPS) is 17.9. The summed E-state index contributed by atoms with van der Waals surface area (Å²) in [6.45, 7) is 5.55. The van der Waals surface area contributed by atoms with Gasteiger partial charge in [-0.1, -0.05) is 94.2 Å². The van der Waals surface area contributed by atoms with Crippen molar-refractivity contribution in [1.29, 1.82) is 0 Å². The first-order valence-electron chi connectivity index (χ1n) is 43.2. The number of hydrogen-bond acceptors (Lipinski definition) is 12. The SMILES string of the molecule is CCOC(=O)CCNC(=O)c1ccc(CN(C(=O)c2cc(F)cc(C(F)(F)F)c2)C2CCC3(CCCCC3)CC2)cc1.CCOC(=O)CCNC(=O)c1ccc(CNC2CCC3(CCCCC3)CC2)cc1.O=C(Cl)c1cc(F)cc(C(F)(F)F)c1.O=C(O)CCNC(=O)c1ccc(CN(C(=O)c2cc(F)cc(C(F)(F)F)c2)C2CCC3(CCCCC3)CC2)cc1. The Labute approximate surface area is 725 Å². The maximum absolute atomic E-state index is 14.2. The number of halogens is 13. The van der Waals surface area contributed by atoms with Gasteiger partial charge in [-0.15, -0.1) is 0 Å². The Kier molecular flexibility index (Phi) is 36.5. The van der Waals surface area contributed by atoms with Gasteiger partial charge < -0.3 is 45.6 Å². The van der Waals surface area contributed by atoms with Crippen LogP contribution in [0.5, 0.6) is 0 Å². The summed E-state index contributed by atoms with van der Waals surface area (Å²) in [6.07, 6.45) is 16.8. The molecule has 0 atom stereocenters. The lowest BCUT2D eigenvalue weighted by Gasteiger charge is -2.45. The zero-order chi connectivity index (χ0) is 90.7. The van der Waals surface area contributed by atoms with Gasteiger partial charge in [0.05, 0.1) is 49.2 Å². The number of amides is 5. The lowest BCUT2D eigenvalue weighted by Crippen LogP contribution is -2.44. The van der Waals surface area contributed by atoms with E-state index in [0.29, 0.717) is 94.9 Å². The number of alkyl halides is 9. The van der Waals surface area contributed by atoms with Crippen molar-refractivity contribution in [2.24, 2.45) is 16.2 Å². The van der Waals surface area contributed by atoms with Crippen molar-refractivity contribution in [3.05, 3.63) is 212 Å². The van der Waals surface area contributed by atoms with E-state index in [1.54, 1.807) is 72.2 Å². The van der Waals surface area contributed by atoms with E-state index in [4.69, 9.17) is 26.2 Å². The van der Waals surface area contributed by atoms with Gasteiger partial charge in [-0.3, -0.25) is 43.2 Å². The number of esters is 2. The second-order valence-corrected chi connectivity index (χ2v) is 34.1. The Balaban J connectivity index is 0.000000199. The van der Waals surface area contributed by atoms with Gasteiger partial charge in [0.15, 0.2) is 0 Å². The Morgan fingerprint density at radius 2 is 0.688 bits per heavy atom. The van der Waals surface area contributed by atoms with E-state index in [9.17, 15) is 95.8 Å². The van der Waals surface area contributed by atoms with Crippen LogP contribution in [0.2, 0.25) is 0 Å². The van der Waals surface area contributed by atoms with Crippen molar-refractivity contribution >= 4 is 64.3 Å². The molecule has 3 spiro atoms. The highest BCUT2D eigenvalue weighted by atomic mass is 35.5. The van der Waals surface area contributed by atoms with E-state index in [1.807, 2.05) is 24.3 Å². The molecule has 125 heavy (non-hydrogen) atoms. The lowest BCUT2D eigenvalue weighted by molar-refractivity contribution is -0.143. The number of nitrogens with one attached hydrogen (secondary N) is 4. The first-order valence-corrected chi connectivity index (χ1v) is 43.6. The van der Waals surface area contributed by atoms with Crippen LogP contribution in [0.3, 0.4) is 0 Å². The molecule has 31 heteroatoms. The van der Waals surface area contributed by atoms with Gasteiger partial charge in [-0.2, -0.15) is 39.5 Å². The molecule has 0 aromatic heterocycles. The van der Waals surface area contributed by atoms with Crippen molar-refractivity contribution < 1.29 is 110 Å². The van der Waals surface area contributed by atoms with Gasteiger partial charge in [0, 0.05) is 90.8 Å². The summed E-state index contributed by atoms with van der Waals surface area (Å²) >= 11 is 4.92. The number of aliphatic carboxylic acids is 1. The predicted octanol–water partition coefficient (Wildman–Crippen LogP) is 21.2.